The van der Waals surface area contributed by atoms with E-state index in [1.54, 1.807) is 48.1 Å². The van der Waals surface area contributed by atoms with Crippen molar-refractivity contribution in [2.75, 3.05) is 23.9 Å². The number of esters is 2. The second-order valence-electron chi connectivity index (χ2n) is 19.9. The van der Waals surface area contributed by atoms with Crippen LogP contribution in [0.15, 0.2) is 220 Å². The van der Waals surface area contributed by atoms with Gasteiger partial charge in [-0.2, -0.15) is 17.7 Å². The zero-order chi connectivity index (χ0) is 62.7. The quantitative estimate of drug-likeness (QED) is 0.0130. The SMILES string of the molecule is COc1ccc(COC(=O)C2=C(CSc3nc4ccc[n+](C)c4s3)CS[C@H]3C(NC(=O)/C(=N\O[C@@H](C)C(=O)OC(c4ccccc4)c4ccccc4)c4csc(NC(c5ccccc5)(c5ccccc5)c5ccccc5)n4)C(=O)N23)cc1.O=C([O-])C(F)(F)F. The highest BCUT2D eigenvalue weighted by Crippen LogP contribution is 2.44. The first kappa shape index (κ1) is 62.7. The smallest absolute Gasteiger partial charge is 0.430 e. The summed E-state index contributed by atoms with van der Waals surface area (Å²) in [5, 5.41) is 21.2. The minimum Gasteiger partial charge on any atom is -0.542 e. The third kappa shape index (κ3) is 14.5. The standard InChI is InChI=1S/C63H53N7O8S4.C2HF3O2/c1-40(59(73)77-54(42-20-9-4-10-21-42)43-22-11-5-12-23-43)78-68-51(50-39-80-61(64-50)67-63(45-24-13-6-14-25-45,46-26-15-7-16-27-46)47-28-17-8-18-29-47)55(71)66-52-56(72)70-53(60(74)76-36-41-31-33-48(75-3)34-32-41)44(37-79-58(52)70)38-81-62-65-49-30-19-35-69(2)57(49)82-62;3-2(4,5)1(6)7/h4-35,39-40,52,54,58H,36-38H2,1-3H3,(H-,64,66,67,71);(H,6,7)/b68-51-;/t40-,52?,58-;/m0./s1. The van der Waals surface area contributed by atoms with Gasteiger partial charge in [-0.1, -0.05) is 181 Å². The fourth-order valence-corrected chi connectivity index (χ4v) is 14.0. The van der Waals surface area contributed by atoms with Gasteiger partial charge in [0, 0.05) is 23.0 Å². The first-order chi connectivity index (χ1) is 43.0. The second kappa shape index (κ2) is 28.2. The molecule has 3 aromatic heterocycles. The Hall–Kier alpha value is -9.36. The molecule has 2 aliphatic heterocycles. The van der Waals surface area contributed by atoms with Crippen molar-refractivity contribution in [1.29, 1.82) is 0 Å². The minimum atomic E-state index is -5.19. The van der Waals surface area contributed by atoms with E-state index in [9.17, 15) is 27.6 Å². The van der Waals surface area contributed by atoms with Gasteiger partial charge < -0.3 is 39.6 Å². The molecular formula is C65H54F3N7O10S4. The largest absolute Gasteiger partial charge is 0.542 e. The highest BCUT2D eigenvalue weighted by Gasteiger charge is 2.55. The first-order valence-electron chi connectivity index (χ1n) is 27.4. The molecule has 9 aromatic rings. The predicted molar refractivity (Wildman–Crippen MR) is 330 cm³/mol. The van der Waals surface area contributed by atoms with E-state index in [-0.39, 0.29) is 23.7 Å². The van der Waals surface area contributed by atoms with E-state index >= 15 is 4.79 Å². The van der Waals surface area contributed by atoms with E-state index in [1.165, 1.54) is 46.7 Å². The number of aromatic nitrogens is 3. The molecule has 0 spiro atoms. The minimum absolute atomic E-state index is 0.0558. The van der Waals surface area contributed by atoms with Crippen molar-refractivity contribution in [2.45, 2.75) is 53.2 Å². The lowest BCUT2D eigenvalue weighted by molar-refractivity contribution is -0.642. The van der Waals surface area contributed by atoms with Gasteiger partial charge in [-0.05, 0) is 75.4 Å². The number of thiazole rings is 2. The van der Waals surface area contributed by atoms with Crippen LogP contribution in [0.1, 0.15) is 52.1 Å². The van der Waals surface area contributed by atoms with Crippen LogP contribution in [0.3, 0.4) is 0 Å². The Morgan fingerprint density at radius 2 is 1.36 bits per heavy atom. The summed E-state index contributed by atoms with van der Waals surface area (Å²) in [5.74, 6) is -4.40. The van der Waals surface area contributed by atoms with Crippen molar-refractivity contribution < 1.29 is 65.9 Å². The average Bonchev–Trinajstić information content (AvgIpc) is 0.919. The molecule has 5 heterocycles. The van der Waals surface area contributed by atoms with E-state index in [0.717, 1.165) is 48.1 Å². The number of carbonyl (C=O) groups excluding carboxylic acids is 5. The lowest BCUT2D eigenvalue weighted by atomic mass is 9.77. The van der Waals surface area contributed by atoms with Crippen LogP contribution in [-0.2, 0) is 57.5 Å². The molecule has 17 nitrogen and oxygen atoms in total. The Morgan fingerprint density at radius 1 is 0.798 bits per heavy atom. The number of carbonyl (C=O) groups is 5. The highest BCUT2D eigenvalue weighted by atomic mass is 32.2. The zero-order valence-corrected chi connectivity index (χ0v) is 50.8. The Labute approximate surface area is 525 Å². The summed E-state index contributed by atoms with van der Waals surface area (Å²) in [5.41, 5.74) is 5.50. The van der Waals surface area contributed by atoms with Crippen LogP contribution in [-0.4, -0.2) is 92.6 Å². The summed E-state index contributed by atoms with van der Waals surface area (Å²) in [6.07, 6.45) is -5.32. The lowest BCUT2D eigenvalue weighted by Gasteiger charge is -2.49. The van der Waals surface area contributed by atoms with Crippen molar-refractivity contribution in [1.82, 2.24) is 20.2 Å². The van der Waals surface area contributed by atoms with Crippen molar-refractivity contribution >= 4 is 97.1 Å². The van der Waals surface area contributed by atoms with Gasteiger partial charge in [0.1, 0.15) is 59.2 Å². The van der Waals surface area contributed by atoms with Crippen molar-refractivity contribution in [3.63, 3.8) is 0 Å². The number of hydrogen-bond donors (Lipinski definition) is 2. The van der Waals surface area contributed by atoms with Gasteiger partial charge in [-0.15, -0.1) is 23.1 Å². The summed E-state index contributed by atoms with van der Waals surface area (Å²) in [7, 11) is 3.54. The number of β-lactam (4-membered cyclic amide) rings is 1. The Morgan fingerprint density at radius 3 is 1.90 bits per heavy atom. The zero-order valence-electron chi connectivity index (χ0n) is 47.6. The molecule has 0 radical (unpaired) electrons. The number of aryl methyl sites for hydroxylation is 1. The molecule has 11 rings (SSSR count). The van der Waals surface area contributed by atoms with E-state index < -0.39 is 65.1 Å². The first-order valence-corrected chi connectivity index (χ1v) is 31.1. The number of alkyl halides is 3. The fraction of sp³-hybridized carbons (Fsp3) is 0.185. The Kier molecular flexibility index (Phi) is 19.9. The number of ether oxygens (including phenoxy) is 3. The number of methoxy groups -OCH3 is 1. The molecule has 3 atom stereocenters. The maximum Gasteiger partial charge on any atom is 0.430 e. The number of fused-ring (bicyclic) bond motifs is 2. The van der Waals surface area contributed by atoms with Crippen molar-refractivity contribution in [3.05, 3.63) is 250 Å². The Balaban J connectivity index is 0.00000118. The van der Waals surface area contributed by atoms with Crippen LogP contribution in [0.25, 0.3) is 10.3 Å². The number of anilines is 1. The van der Waals surface area contributed by atoms with E-state index in [2.05, 4.69) is 15.8 Å². The summed E-state index contributed by atoms with van der Waals surface area (Å²) >= 11 is 5.67. The molecule has 0 aliphatic carbocycles. The van der Waals surface area contributed by atoms with Crippen molar-refractivity contribution in [3.8, 4) is 5.75 Å². The van der Waals surface area contributed by atoms with E-state index in [1.807, 2.05) is 182 Å². The number of oxime groups is 1. The number of hydrogen-bond acceptors (Lipinski definition) is 18. The molecule has 0 bridgehead atoms. The van der Waals surface area contributed by atoms with Crippen molar-refractivity contribution in [2.24, 2.45) is 12.2 Å². The molecule has 2 amide bonds. The third-order valence-electron chi connectivity index (χ3n) is 14.1. The second-order valence-corrected chi connectivity index (χ2v) is 24.1. The predicted octanol–water partition coefficient (Wildman–Crippen LogP) is 9.92. The summed E-state index contributed by atoms with van der Waals surface area (Å²) in [6.45, 7) is 1.43. The van der Waals surface area contributed by atoms with Crippen LogP contribution in [0.5, 0.6) is 5.75 Å². The number of halogens is 3. The number of aliphatic carboxylic acids is 1. The molecular weight excluding hydrogens is 1220 g/mol. The normalized spacial score (nSPS) is 15.2. The third-order valence-corrected chi connectivity index (χ3v) is 18.6. The molecule has 2 N–H and O–H groups in total. The van der Waals surface area contributed by atoms with Crippen LogP contribution in [0.4, 0.5) is 18.3 Å². The summed E-state index contributed by atoms with van der Waals surface area (Å²) in [4.78, 5) is 85.0. The molecule has 1 fully saturated rings. The summed E-state index contributed by atoms with van der Waals surface area (Å²) < 4.78 is 51.7. The average molecular weight is 1280 g/mol. The Bertz CT molecular complexity index is 3900. The highest BCUT2D eigenvalue weighted by molar-refractivity contribution is 8.02. The van der Waals surface area contributed by atoms with Crippen LogP contribution >= 0.6 is 46.2 Å². The number of amides is 2. The molecule has 24 heteroatoms. The summed E-state index contributed by atoms with van der Waals surface area (Å²) in [6, 6.07) is 58.7. The van der Waals surface area contributed by atoms with Gasteiger partial charge in [0.25, 0.3) is 16.6 Å². The lowest BCUT2D eigenvalue weighted by Crippen LogP contribution is -2.71. The number of carboxylic acids is 1. The molecule has 1 unspecified atom stereocenters. The topological polar surface area (TPSA) is 215 Å². The van der Waals surface area contributed by atoms with E-state index in [0.29, 0.717) is 28.0 Å². The van der Waals surface area contributed by atoms with Gasteiger partial charge in [0.05, 0.1) is 7.11 Å². The van der Waals surface area contributed by atoms with E-state index in [4.69, 9.17) is 38.9 Å². The molecule has 454 valence electrons. The molecule has 6 aromatic carbocycles. The van der Waals surface area contributed by atoms with Crippen LogP contribution in [0, 0.1) is 0 Å². The number of rotatable bonds is 21. The molecule has 2 aliphatic rings. The van der Waals surface area contributed by atoms with Gasteiger partial charge in [-0.3, -0.25) is 14.5 Å². The van der Waals surface area contributed by atoms with Gasteiger partial charge >= 0.3 is 18.1 Å². The molecule has 1 saturated heterocycles. The maximum absolute atomic E-state index is 15.0. The van der Waals surface area contributed by atoms with Gasteiger partial charge in [-0.25, -0.2) is 19.6 Å². The fourth-order valence-electron chi connectivity index (χ4n) is 9.69. The number of thioether (sulfide) groups is 2. The van der Waals surface area contributed by atoms with Gasteiger partial charge in [0.15, 0.2) is 27.5 Å². The van der Waals surface area contributed by atoms with Crippen LogP contribution < -0.4 is 25.0 Å². The van der Waals surface area contributed by atoms with Crippen LogP contribution in [0.2, 0.25) is 0 Å². The number of carboxylic acid groups (broad SMARTS) is 1. The molecule has 0 saturated carbocycles. The number of pyridine rings is 1. The monoisotopic (exact) mass is 1280 g/mol. The number of nitrogens with one attached hydrogen (secondary N) is 2. The van der Waals surface area contributed by atoms with Gasteiger partial charge in [0.2, 0.25) is 6.10 Å². The number of nitrogens with zero attached hydrogens (tertiary/aromatic N) is 5. The maximum atomic E-state index is 15.0. The number of benzene rings is 6. The molecule has 89 heavy (non-hydrogen) atoms.